The zero-order valence-electron chi connectivity index (χ0n) is 11.2. The van der Waals surface area contributed by atoms with Crippen LogP contribution in [0, 0.1) is 5.92 Å². The number of nitrogens with zero attached hydrogens (tertiary/aromatic N) is 1. The van der Waals surface area contributed by atoms with Gasteiger partial charge in [0.15, 0.2) is 0 Å². The summed E-state index contributed by atoms with van der Waals surface area (Å²) in [6.45, 7) is 6.94. The lowest BCUT2D eigenvalue weighted by molar-refractivity contribution is -0.121. The van der Waals surface area contributed by atoms with Crippen molar-refractivity contribution in [3.63, 3.8) is 0 Å². The van der Waals surface area contributed by atoms with Gasteiger partial charge in [0.1, 0.15) is 0 Å². The summed E-state index contributed by atoms with van der Waals surface area (Å²) >= 11 is 0. The van der Waals surface area contributed by atoms with Crippen molar-refractivity contribution in [3.8, 4) is 0 Å². The normalized spacial score (nSPS) is 12.1. The number of carbonyl (C=O) groups is 1. The van der Waals surface area contributed by atoms with Crippen LogP contribution in [0.15, 0.2) is 0 Å². The fraction of sp³-hybridized carbons (Fsp3) is 0.909. The van der Waals surface area contributed by atoms with E-state index in [4.69, 9.17) is 0 Å². The number of carbonyl (C=O) groups excluding carboxylic acids is 1. The second kappa shape index (κ2) is 7.66. The number of rotatable bonds is 8. The molecule has 17 heavy (non-hydrogen) atoms. The van der Waals surface area contributed by atoms with Gasteiger partial charge in [-0.2, -0.15) is 4.31 Å². The van der Waals surface area contributed by atoms with E-state index in [1.807, 2.05) is 6.92 Å². The van der Waals surface area contributed by atoms with E-state index in [-0.39, 0.29) is 12.5 Å². The summed E-state index contributed by atoms with van der Waals surface area (Å²) in [6, 6.07) is 0. The van der Waals surface area contributed by atoms with Crippen molar-refractivity contribution in [1.29, 1.82) is 0 Å². The largest absolute Gasteiger partial charge is 0.355 e. The smallest absolute Gasteiger partial charge is 0.235 e. The first-order chi connectivity index (χ1) is 7.77. The SMILES string of the molecule is CCCN(CC(=O)NCCC(C)C)S(C)(=O)=O. The maximum Gasteiger partial charge on any atom is 0.235 e. The van der Waals surface area contributed by atoms with Crippen LogP contribution in [-0.2, 0) is 14.8 Å². The Hall–Kier alpha value is -0.620. The Bertz CT molecular complexity index is 326. The van der Waals surface area contributed by atoms with Crippen LogP contribution in [-0.4, -0.2) is 44.5 Å². The van der Waals surface area contributed by atoms with E-state index >= 15 is 0 Å². The molecule has 0 aliphatic heterocycles. The standard InChI is InChI=1S/C11H24N2O3S/c1-5-8-13(17(4,15)16)9-11(14)12-7-6-10(2)3/h10H,5-9H2,1-4H3,(H,12,14). The van der Waals surface area contributed by atoms with Crippen LogP contribution in [0.2, 0.25) is 0 Å². The minimum atomic E-state index is -3.29. The molecular formula is C11H24N2O3S. The van der Waals surface area contributed by atoms with Gasteiger partial charge in [-0.25, -0.2) is 8.42 Å². The second-order valence-corrected chi connectivity index (χ2v) is 6.61. The summed E-state index contributed by atoms with van der Waals surface area (Å²) in [7, 11) is -3.29. The van der Waals surface area contributed by atoms with Gasteiger partial charge in [0, 0.05) is 13.1 Å². The molecule has 0 aromatic heterocycles. The summed E-state index contributed by atoms with van der Waals surface area (Å²) in [4.78, 5) is 11.5. The molecule has 0 saturated carbocycles. The van der Waals surface area contributed by atoms with E-state index in [9.17, 15) is 13.2 Å². The third-order valence-electron chi connectivity index (χ3n) is 2.31. The van der Waals surface area contributed by atoms with Gasteiger partial charge in [-0.15, -0.1) is 0 Å². The Balaban J connectivity index is 4.14. The Morgan fingerprint density at radius 2 is 1.94 bits per heavy atom. The minimum Gasteiger partial charge on any atom is -0.355 e. The van der Waals surface area contributed by atoms with Crippen LogP contribution in [0.5, 0.6) is 0 Å². The molecule has 1 N–H and O–H groups in total. The second-order valence-electron chi connectivity index (χ2n) is 4.63. The molecule has 0 spiro atoms. The topological polar surface area (TPSA) is 66.5 Å². The maximum atomic E-state index is 11.5. The van der Waals surface area contributed by atoms with Gasteiger partial charge in [-0.05, 0) is 18.8 Å². The molecule has 0 fully saturated rings. The van der Waals surface area contributed by atoms with Crippen LogP contribution >= 0.6 is 0 Å². The van der Waals surface area contributed by atoms with E-state index < -0.39 is 10.0 Å². The van der Waals surface area contributed by atoms with Gasteiger partial charge in [0.25, 0.3) is 0 Å². The highest BCUT2D eigenvalue weighted by atomic mass is 32.2. The number of amides is 1. The molecule has 6 heteroatoms. The maximum absolute atomic E-state index is 11.5. The molecule has 0 aliphatic rings. The number of sulfonamides is 1. The van der Waals surface area contributed by atoms with E-state index in [1.165, 1.54) is 4.31 Å². The molecule has 0 aromatic carbocycles. The quantitative estimate of drug-likeness (QED) is 0.706. The van der Waals surface area contributed by atoms with Gasteiger partial charge in [0.05, 0.1) is 12.8 Å². The van der Waals surface area contributed by atoms with Crippen LogP contribution < -0.4 is 5.32 Å². The van der Waals surface area contributed by atoms with Gasteiger partial charge in [0.2, 0.25) is 15.9 Å². The van der Waals surface area contributed by atoms with Crippen molar-refractivity contribution < 1.29 is 13.2 Å². The Morgan fingerprint density at radius 1 is 1.35 bits per heavy atom. The summed E-state index contributed by atoms with van der Waals surface area (Å²) in [5.41, 5.74) is 0. The predicted octanol–water partition coefficient (Wildman–Crippen LogP) is 0.820. The van der Waals surface area contributed by atoms with Crippen molar-refractivity contribution in [2.75, 3.05) is 25.9 Å². The number of hydrogen-bond acceptors (Lipinski definition) is 3. The van der Waals surface area contributed by atoms with Gasteiger partial charge in [-0.1, -0.05) is 20.8 Å². The first-order valence-electron chi connectivity index (χ1n) is 5.99. The molecule has 0 radical (unpaired) electrons. The third-order valence-corrected chi connectivity index (χ3v) is 3.56. The van der Waals surface area contributed by atoms with Crippen molar-refractivity contribution in [3.05, 3.63) is 0 Å². The Kier molecular flexibility index (Phi) is 7.38. The van der Waals surface area contributed by atoms with Gasteiger partial charge in [-0.3, -0.25) is 4.79 Å². The zero-order chi connectivity index (χ0) is 13.5. The third kappa shape index (κ3) is 8.15. The van der Waals surface area contributed by atoms with Crippen molar-refractivity contribution >= 4 is 15.9 Å². The van der Waals surface area contributed by atoms with Crippen molar-refractivity contribution in [2.24, 2.45) is 5.92 Å². The van der Waals surface area contributed by atoms with Crippen molar-refractivity contribution in [1.82, 2.24) is 9.62 Å². The van der Waals surface area contributed by atoms with Crippen LogP contribution in [0.1, 0.15) is 33.6 Å². The first kappa shape index (κ1) is 16.4. The highest BCUT2D eigenvalue weighted by molar-refractivity contribution is 7.88. The fourth-order valence-electron chi connectivity index (χ4n) is 1.33. The molecule has 5 nitrogen and oxygen atoms in total. The lowest BCUT2D eigenvalue weighted by Crippen LogP contribution is -2.41. The molecule has 0 unspecified atom stereocenters. The molecule has 1 amide bonds. The lowest BCUT2D eigenvalue weighted by atomic mass is 10.1. The minimum absolute atomic E-state index is 0.0786. The van der Waals surface area contributed by atoms with E-state index in [0.717, 1.165) is 12.7 Å². The predicted molar refractivity (Wildman–Crippen MR) is 69.2 cm³/mol. The molecule has 0 heterocycles. The summed E-state index contributed by atoms with van der Waals surface area (Å²) in [5.74, 6) is 0.293. The number of nitrogens with one attached hydrogen (secondary N) is 1. The fourth-order valence-corrected chi connectivity index (χ4v) is 2.19. The molecule has 0 atom stereocenters. The molecule has 0 bridgehead atoms. The molecular weight excluding hydrogens is 240 g/mol. The van der Waals surface area contributed by atoms with E-state index in [0.29, 0.717) is 25.4 Å². The highest BCUT2D eigenvalue weighted by Crippen LogP contribution is 2.00. The average molecular weight is 264 g/mol. The van der Waals surface area contributed by atoms with Crippen molar-refractivity contribution in [2.45, 2.75) is 33.6 Å². The number of hydrogen-bond donors (Lipinski definition) is 1. The summed E-state index contributed by atoms with van der Waals surface area (Å²) in [6.07, 6.45) is 2.73. The van der Waals surface area contributed by atoms with E-state index in [2.05, 4.69) is 19.2 Å². The molecule has 0 rings (SSSR count). The molecule has 102 valence electrons. The molecule has 0 aromatic rings. The van der Waals surface area contributed by atoms with Gasteiger partial charge >= 0.3 is 0 Å². The van der Waals surface area contributed by atoms with Crippen LogP contribution in [0.3, 0.4) is 0 Å². The zero-order valence-corrected chi connectivity index (χ0v) is 12.0. The average Bonchev–Trinajstić information content (AvgIpc) is 2.15. The summed E-state index contributed by atoms with van der Waals surface area (Å²) < 4.78 is 24.0. The monoisotopic (exact) mass is 264 g/mol. The Labute approximate surface area is 105 Å². The van der Waals surface area contributed by atoms with E-state index in [1.54, 1.807) is 0 Å². The van der Waals surface area contributed by atoms with Crippen LogP contribution in [0.4, 0.5) is 0 Å². The summed E-state index contributed by atoms with van der Waals surface area (Å²) in [5, 5.41) is 2.73. The highest BCUT2D eigenvalue weighted by Gasteiger charge is 2.18. The molecule has 0 aliphatic carbocycles. The van der Waals surface area contributed by atoms with Gasteiger partial charge < -0.3 is 5.32 Å². The Morgan fingerprint density at radius 3 is 2.35 bits per heavy atom. The first-order valence-corrected chi connectivity index (χ1v) is 7.84. The van der Waals surface area contributed by atoms with Crippen LogP contribution in [0.25, 0.3) is 0 Å². The lowest BCUT2D eigenvalue weighted by Gasteiger charge is -2.18. The molecule has 0 saturated heterocycles.